The van der Waals surface area contributed by atoms with E-state index in [0.717, 1.165) is 15.9 Å². The van der Waals surface area contributed by atoms with E-state index < -0.39 is 23.3 Å². The number of carboxylic acids is 1. The van der Waals surface area contributed by atoms with Gasteiger partial charge in [0.1, 0.15) is 11.4 Å². The molecule has 0 fully saturated rings. The fourth-order valence-corrected chi connectivity index (χ4v) is 3.58. The van der Waals surface area contributed by atoms with Crippen molar-refractivity contribution in [2.75, 3.05) is 7.11 Å². The highest BCUT2D eigenvalue weighted by Gasteiger charge is 2.16. The molecule has 8 nitrogen and oxygen atoms in total. The molecule has 34 heavy (non-hydrogen) atoms. The first kappa shape index (κ1) is 22.6. The zero-order valence-electron chi connectivity index (χ0n) is 18.5. The Kier molecular flexibility index (Phi) is 6.28. The number of aromatic carboxylic acids is 1. The molecule has 0 bridgehead atoms. The summed E-state index contributed by atoms with van der Waals surface area (Å²) in [5, 5.41) is 9.37. The third-order valence-corrected chi connectivity index (χ3v) is 5.51. The normalized spacial score (nSPS) is 11.5. The number of nitrogens with zero attached hydrogens (tertiary/aromatic N) is 2. The highest BCUT2D eigenvalue weighted by molar-refractivity contribution is 5.87. The zero-order valence-corrected chi connectivity index (χ0v) is 18.5. The van der Waals surface area contributed by atoms with Crippen LogP contribution in [-0.2, 0) is 6.42 Å². The van der Waals surface area contributed by atoms with E-state index in [2.05, 4.69) is 21.8 Å². The average molecular weight is 455 g/mol. The number of aromatic amines is 1. The van der Waals surface area contributed by atoms with Gasteiger partial charge in [0.25, 0.3) is 5.56 Å². The quantitative estimate of drug-likeness (QED) is 0.447. The number of H-pyrrole nitrogens is 1. The molecule has 2 heterocycles. The first-order valence-corrected chi connectivity index (χ1v) is 10.5. The van der Waals surface area contributed by atoms with Crippen LogP contribution in [0.3, 0.4) is 0 Å². The number of rotatable bonds is 5. The number of pyridine rings is 1. The van der Waals surface area contributed by atoms with Gasteiger partial charge < -0.3 is 14.8 Å². The highest BCUT2D eigenvalue weighted by Crippen LogP contribution is 2.17. The molecule has 170 valence electrons. The van der Waals surface area contributed by atoms with Crippen LogP contribution in [0.25, 0.3) is 10.9 Å². The van der Waals surface area contributed by atoms with Crippen molar-refractivity contribution in [3.05, 3.63) is 104 Å². The van der Waals surface area contributed by atoms with Crippen molar-refractivity contribution >= 4 is 16.9 Å². The number of methoxy groups -OCH3 is 1. The molecule has 4 rings (SSSR count). The molecule has 0 radical (unpaired) electrons. The van der Waals surface area contributed by atoms with Gasteiger partial charge in [-0.1, -0.05) is 30.2 Å². The van der Waals surface area contributed by atoms with Gasteiger partial charge in [0.05, 0.1) is 35.8 Å². The largest absolute Gasteiger partial charge is 0.497 e. The number of nitrogens with one attached hydrogen (secondary N) is 1. The SMILES string of the molecule is COc1ccc(CC#Cc2cc3c(=O)n(C(C)c4ccc(C(=O)O)cc4)c(=O)[nH]c3cn2)cc1. The number of aromatic nitrogens is 3. The lowest BCUT2D eigenvalue weighted by Crippen LogP contribution is -2.37. The van der Waals surface area contributed by atoms with Crippen molar-refractivity contribution in [1.29, 1.82) is 0 Å². The van der Waals surface area contributed by atoms with Crippen molar-refractivity contribution in [3.63, 3.8) is 0 Å². The lowest BCUT2D eigenvalue weighted by molar-refractivity contribution is 0.0697. The molecular weight excluding hydrogens is 434 g/mol. The molecular formula is C26H21N3O5. The van der Waals surface area contributed by atoms with Crippen molar-refractivity contribution in [3.8, 4) is 17.6 Å². The topological polar surface area (TPSA) is 114 Å². The molecule has 2 aromatic carbocycles. The minimum atomic E-state index is -1.05. The van der Waals surface area contributed by atoms with Gasteiger partial charge in [0.15, 0.2) is 0 Å². The summed E-state index contributed by atoms with van der Waals surface area (Å²) in [4.78, 5) is 43.9. The number of benzene rings is 2. The zero-order chi connectivity index (χ0) is 24.2. The van der Waals surface area contributed by atoms with Crippen molar-refractivity contribution in [2.45, 2.75) is 19.4 Å². The highest BCUT2D eigenvalue weighted by atomic mass is 16.5. The molecule has 2 aromatic heterocycles. The molecule has 0 amide bonds. The predicted molar refractivity (Wildman–Crippen MR) is 127 cm³/mol. The van der Waals surface area contributed by atoms with E-state index in [0.29, 0.717) is 23.2 Å². The first-order chi connectivity index (χ1) is 16.4. The Labute approximate surface area is 194 Å². The summed E-state index contributed by atoms with van der Waals surface area (Å²) >= 11 is 0. The van der Waals surface area contributed by atoms with Crippen LogP contribution in [0.15, 0.2) is 70.4 Å². The van der Waals surface area contributed by atoms with Gasteiger partial charge >= 0.3 is 11.7 Å². The molecule has 0 aliphatic carbocycles. The Bertz CT molecular complexity index is 1540. The van der Waals surface area contributed by atoms with E-state index in [4.69, 9.17) is 9.84 Å². The minimum absolute atomic E-state index is 0.125. The smallest absolute Gasteiger partial charge is 0.335 e. The van der Waals surface area contributed by atoms with Crippen LogP contribution in [0.5, 0.6) is 5.75 Å². The maximum Gasteiger partial charge on any atom is 0.335 e. The molecule has 0 spiro atoms. The third kappa shape index (κ3) is 4.59. The van der Waals surface area contributed by atoms with Crippen LogP contribution in [-0.4, -0.2) is 32.7 Å². The second-order valence-corrected chi connectivity index (χ2v) is 7.65. The van der Waals surface area contributed by atoms with E-state index >= 15 is 0 Å². The monoisotopic (exact) mass is 455 g/mol. The van der Waals surface area contributed by atoms with E-state index in [9.17, 15) is 14.4 Å². The van der Waals surface area contributed by atoms with Crippen LogP contribution in [0.2, 0.25) is 0 Å². The number of carboxylic acid groups (broad SMARTS) is 1. The summed E-state index contributed by atoms with van der Waals surface area (Å²) in [6.45, 7) is 1.70. The first-order valence-electron chi connectivity index (χ1n) is 10.5. The van der Waals surface area contributed by atoms with Gasteiger partial charge in [-0.3, -0.25) is 9.36 Å². The molecule has 0 saturated carbocycles. The fraction of sp³-hybridized carbons (Fsp3) is 0.154. The Hall–Kier alpha value is -4.64. The molecule has 4 aromatic rings. The van der Waals surface area contributed by atoms with E-state index in [-0.39, 0.29) is 10.9 Å². The maximum absolute atomic E-state index is 13.2. The Morgan fingerprint density at radius 1 is 1.15 bits per heavy atom. The average Bonchev–Trinajstić information content (AvgIpc) is 2.84. The maximum atomic E-state index is 13.2. The molecule has 1 atom stereocenters. The second-order valence-electron chi connectivity index (χ2n) is 7.65. The number of hydrogen-bond acceptors (Lipinski definition) is 5. The molecule has 8 heteroatoms. The lowest BCUT2D eigenvalue weighted by atomic mass is 10.1. The summed E-state index contributed by atoms with van der Waals surface area (Å²) in [5.74, 6) is 5.73. The van der Waals surface area contributed by atoms with Gasteiger partial charge in [-0.2, -0.15) is 0 Å². The third-order valence-electron chi connectivity index (χ3n) is 5.51. The standard InChI is InChI=1S/C26H21N3O5/c1-16(18-8-10-19(11-9-18)25(31)32)29-24(30)22-14-20(27-15-23(22)28-26(29)33)5-3-4-17-6-12-21(34-2)13-7-17/h6-16H,4H2,1-2H3,(H,28,33)(H,31,32). The number of fused-ring (bicyclic) bond motifs is 1. The van der Waals surface area contributed by atoms with Crippen LogP contribution in [0, 0.1) is 11.8 Å². The molecule has 2 N–H and O–H groups in total. The summed E-state index contributed by atoms with van der Waals surface area (Å²) < 4.78 is 6.25. The van der Waals surface area contributed by atoms with E-state index in [1.165, 1.54) is 18.3 Å². The minimum Gasteiger partial charge on any atom is -0.497 e. The molecule has 1 unspecified atom stereocenters. The molecule has 0 aliphatic heterocycles. The Morgan fingerprint density at radius 3 is 2.50 bits per heavy atom. The fourth-order valence-electron chi connectivity index (χ4n) is 3.58. The Morgan fingerprint density at radius 2 is 1.85 bits per heavy atom. The summed E-state index contributed by atoms with van der Waals surface area (Å²) in [6, 6.07) is 14.6. The molecule has 0 aliphatic rings. The van der Waals surface area contributed by atoms with Crippen LogP contribution >= 0.6 is 0 Å². The summed E-state index contributed by atoms with van der Waals surface area (Å²) in [6.07, 6.45) is 1.93. The van der Waals surface area contributed by atoms with Gasteiger partial charge in [0, 0.05) is 6.42 Å². The van der Waals surface area contributed by atoms with Gasteiger partial charge in [-0.15, -0.1) is 0 Å². The van der Waals surface area contributed by atoms with Crippen molar-refractivity contribution in [1.82, 2.24) is 14.5 Å². The van der Waals surface area contributed by atoms with Crippen LogP contribution < -0.4 is 16.0 Å². The van der Waals surface area contributed by atoms with Crippen molar-refractivity contribution < 1.29 is 14.6 Å². The van der Waals surface area contributed by atoms with Gasteiger partial charge in [0.2, 0.25) is 0 Å². The second kappa shape index (κ2) is 9.46. The molecule has 0 saturated heterocycles. The van der Waals surface area contributed by atoms with Crippen LogP contribution in [0.1, 0.15) is 40.1 Å². The van der Waals surface area contributed by atoms with Crippen molar-refractivity contribution in [2.24, 2.45) is 0 Å². The summed E-state index contributed by atoms with van der Waals surface area (Å²) in [5.41, 5.74) is 1.45. The number of carbonyl (C=O) groups is 1. The van der Waals surface area contributed by atoms with Crippen LogP contribution in [0.4, 0.5) is 0 Å². The number of ether oxygens (including phenoxy) is 1. The summed E-state index contributed by atoms with van der Waals surface area (Å²) in [7, 11) is 1.61. The van der Waals surface area contributed by atoms with E-state index in [1.54, 1.807) is 32.2 Å². The van der Waals surface area contributed by atoms with Gasteiger partial charge in [-0.25, -0.2) is 14.6 Å². The predicted octanol–water partition coefficient (Wildman–Crippen LogP) is 3.00. The van der Waals surface area contributed by atoms with Gasteiger partial charge in [-0.05, 0) is 54.3 Å². The number of hydrogen-bond donors (Lipinski definition) is 2. The Balaban J connectivity index is 1.66. The lowest BCUT2D eigenvalue weighted by Gasteiger charge is -2.15. The van der Waals surface area contributed by atoms with E-state index in [1.807, 2.05) is 24.3 Å².